The predicted molar refractivity (Wildman–Crippen MR) is 87.0 cm³/mol. The van der Waals surface area contributed by atoms with Gasteiger partial charge in [-0.2, -0.15) is 0 Å². The lowest BCUT2D eigenvalue weighted by Gasteiger charge is -2.27. The zero-order valence-electron chi connectivity index (χ0n) is 12.4. The number of hydrogen-bond acceptors (Lipinski definition) is 4. The summed E-state index contributed by atoms with van der Waals surface area (Å²) >= 11 is 0. The molecule has 0 aliphatic carbocycles. The molecule has 2 N–H and O–H groups in total. The zero-order chi connectivity index (χ0) is 14.7. The number of aromatic nitrogens is 1. The molecule has 0 spiro atoms. The Morgan fingerprint density at radius 1 is 1.24 bits per heavy atom. The number of para-hydroxylation sites is 1. The molecule has 2 aromatic rings. The van der Waals surface area contributed by atoms with Gasteiger partial charge in [-0.15, -0.1) is 0 Å². The Labute approximate surface area is 124 Å². The second-order valence-corrected chi connectivity index (χ2v) is 5.49. The van der Waals surface area contributed by atoms with Crippen LogP contribution in [-0.2, 0) is 7.05 Å². The fourth-order valence-corrected chi connectivity index (χ4v) is 2.84. The second kappa shape index (κ2) is 6.28. The first kappa shape index (κ1) is 14.1. The van der Waals surface area contributed by atoms with Crippen LogP contribution in [0.3, 0.4) is 0 Å². The lowest BCUT2D eigenvalue weighted by Crippen LogP contribution is -2.45. The molecule has 2 heterocycles. The molecule has 0 radical (unpaired) electrons. The van der Waals surface area contributed by atoms with Gasteiger partial charge in [-0.25, -0.2) is 0 Å². The quantitative estimate of drug-likeness (QED) is 0.875. The summed E-state index contributed by atoms with van der Waals surface area (Å²) in [7, 11) is 1.81. The van der Waals surface area contributed by atoms with Crippen LogP contribution in [0.2, 0.25) is 0 Å². The number of nitrogens with one attached hydrogen (secondary N) is 2. The van der Waals surface area contributed by atoms with Gasteiger partial charge in [-0.3, -0.25) is 9.69 Å². The Balaban J connectivity index is 1.74. The maximum Gasteiger partial charge on any atom is 0.252 e. The van der Waals surface area contributed by atoms with Crippen LogP contribution in [0.1, 0.15) is 0 Å². The normalized spacial score (nSPS) is 16.2. The van der Waals surface area contributed by atoms with Gasteiger partial charge < -0.3 is 15.2 Å². The third kappa shape index (κ3) is 3.09. The summed E-state index contributed by atoms with van der Waals surface area (Å²) in [5, 5.41) is 7.88. The van der Waals surface area contributed by atoms with Crippen molar-refractivity contribution in [2.45, 2.75) is 0 Å². The van der Waals surface area contributed by atoms with E-state index < -0.39 is 0 Å². The maximum atomic E-state index is 12.0. The highest BCUT2D eigenvalue weighted by Gasteiger charge is 2.09. The number of aryl methyl sites for hydroxylation is 1. The molecule has 1 fully saturated rings. The minimum Gasteiger partial charge on any atom is -0.383 e. The minimum absolute atomic E-state index is 0.0263. The van der Waals surface area contributed by atoms with Crippen LogP contribution >= 0.6 is 0 Å². The molecule has 0 bridgehead atoms. The van der Waals surface area contributed by atoms with Crippen molar-refractivity contribution in [1.82, 2.24) is 14.8 Å². The molecule has 0 saturated carbocycles. The molecule has 5 nitrogen and oxygen atoms in total. The van der Waals surface area contributed by atoms with Gasteiger partial charge in [0.25, 0.3) is 5.56 Å². The Kier molecular flexibility index (Phi) is 4.22. The molecule has 1 aromatic heterocycles. The molecule has 0 amide bonds. The van der Waals surface area contributed by atoms with Crippen molar-refractivity contribution in [3.63, 3.8) is 0 Å². The number of rotatable bonds is 4. The van der Waals surface area contributed by atoms with E-state index in [0.29, 0.717) is 0 Å². The standard InChI is InChI=1S/C16H22N4O/c1-19-15-5-3-2-4-13(15)14(12-16(19)21)18-8-11-20-9-6-17-7-10-20/h2-5,12,17-18H,6-11H2,1H3. The van der Waals surface area contributed by atoms with Crippen LogP contribution in [0, 0.1) is 0 Å². The third-order valence-electron chi connectivity index (χ3n) is 4.11. The Morgan fingerprint density at radius 3 is 2.81 bits per heavy atom. The lowest BCUT2D eigenvalue weighted by atomic mass is 10.2. The van der Waals surface area contributed by atoms with E-state index in [-0.39, 0.29) is 5.56 Å². The van der Waals surface area contributed by atoms with E-state index in [0.717, 1.165) is 55.9 Å². The van der Waals surface area contributed by atoms with E-state index in [1.54, 1.807) is 10.6 Å². The van der Waals surface area contributed by atoms with Crippen molar-refractivity contribution < 1.29 is 0 Å². The summed E-state index contributed by atoms with van der Waals surface area (Å²) in [5.41, 5.74) is 1.93. The summed E-state index contributed by atoms with van der Waals surface area (Å²) in [6.45, 7) is 6.18. The summed E-state index contributed by atoms with van der Waals surface area (Å²) in [6, 6.07) is 9.71. The van der Waals surface area contributed by atoms with Crippen molar-refractivity contribution >= 4 is 16.6 Å². The molecule has 0 unspecified atom stereocenters. The molecular weight excluding hydrogens is 264 g/mol. The van der Waals surface area contributed by atoms with Gasteiger partial charge in [0.05, 0.1) is 5.52 Å². The van der Waals surface area contributed by atoms with E-state index in [1.165, 1.54) is 0 Å². The lowest BCUT2D eigenvalue weighted by molar-refractivity contribution is 0.249. The predicted octanol–water partition coefficient (Wildman–Crippen LogP) is 0.856. The maximum absolute atomic E-state index is 12.0. The third-order valence-corrected chi connectivity index (χ3v) is 4.11. The van der Waals surface area contributed by atoms with Crippen molar-refractivity contribution in [1.29, 1.82) is 0 Å². The Bertz CT molecular complexity index is 674. The SMILES string of the molecule is Cn1c(=O)cc(NCCN2CCNCC2)c2ccccc21. The van der Waals surface area contributed by atoms with Crippen molar-refractivity contribution in [3.8, 4) is 0 Å². The van der Waals surface area contributed by atoms with Gasteiger partial charge in [0.2, 0.25) is 0 Å². The smallest absolute Gasteiger partial charge is 0.252 e. The average molecular weight is 286 g/mol. The first-order chi connectivity index (χ1) is 10.3. The summed E-state index contributed by atoms with van der Waals surface area (Å²) < 4.78 is 1.69. The highest BCUT2D eigenvalue weighted by molar-refractivity contribution is 5.91. The molecule has 3 rings (SSSR count). The molecule has 1 aromatic carbocycles. The number of nitrogens with zero attached hydrogens (tertiary/aromatic N) is 2. The van der Waals surface area contributed by atoms with Crippen molar-refractivity contribution in [3.05, 3.63) is 40.7 Å². The molecule has 112 valence electrons. The first-order valence-electron chi connectivity index (χ1n) is 7.51. The van der Waals surface area contributed by atoms with E-state index in [4.69, 9.17) is 0 Å². The summed E-state index contributed by atoms with van der Waals surface area (Å²) in [6.07, 6.45) is 0. The van der Waals surface area contributed by atoms with Gasteiger partial charge in [0.1, 0.15) is 0 Å². The average Bonchev–Trinajstić information content (AvgIpc) is 2.53. The highest BCUT2D eigenvalue weighted by Crippen LogP contribution is 2.20. The van der Waals surface area contributed by atoms with Crippen molar-refractivity contribution in [2.75, 3.05) is 44.6 Å². The Morgan fingerprint density at radius 2 is 2.00 bits per heavy atom. The largest absolute Gasteiger partial charge is 0.383 e. The Hall–Kier alpha value is -1.85. The molecule has 0 atom stereocenters. The molecule has 1 aliphatic rings. The zero-order valence-corrected chi connectivity index (χ0v) is 12.4. The fraction of sp³-hybridized carbons (Fsp3) is 0.438. The first-order valence-corrected chi connectivity index (χ1v) is 7.51. The molecule has 1 aliphatic heterocycles. The van der Waals surface area contributed by atoms with Crippen LogP contribution in [0.5, 0.6) is 0 Å². The number of hydrogen-bond donors (Lipinski definition) is 2. The van der Waals surface area contributed by atoms with E-state index in [2.05, 4.69) is 21.6 Å². The number of piperazine rings is 1. The van der Waals surface area contributed by atoms with Gasteiger partial charge in [0, 0.05) is 63.5 Å². The topological polar surface area (TPSA) is 49.3 Å². The van der Waals surface area contributed by atoms with Gasteiger partial charge >= 0.3 is 0 Å². The molecule has 21 heavy (non-hydrogen) atoms. The number of pyridine rings is 1. The number of anilines is 1. The van der Waals surface area contributed by atoms with Gasteiger partial charge in [-0.1, -0.05) is 18.2 Å². The van der Waals surface area contributed by atoms with Crippen LogP contribution in [0.4, 0.5) is 5.69 Å². The van der Waals surface area contributed by atoms with Crippen molar-refractivity contribution in [2.24, 2.45) is 7.05 Å². The van der Waals surface area contributed by atoms with Crippen LogP contribution in [-0.4, -0.2) is 48.7 Å². The van der Waals surface area contributed by atoms with Crippen LogP contribution in [0.15, 0.2) is 35.1 Å². The molecule has 5 heteroatoms. The minimum atomic E-state index is 0.0263. The van der Waals surface area contributed by atoms with E-state index in [1.807, 2.05) is 25.2 Å². The molecular formula is C16H22N4O. The highest BCUT2D eigenvalue weighted by atomic mass is 16.1. The van der Waals surface area contributed by atoms with Gasteiger partial charge in [-0.05, 0) is 6.07 Å². The summed E-state index contributed by atoms with van der Waals surface area (Å²) in [5.74, 6) is 0. The number of fused-ring (bicyclic) bond motifs is 1. The van der Waals surface area contributed by atoms with E-state index in [9.17, 15) is 4.79 Å². The number of benzene rings is 1. The summed E-state index contributed by atoms with van der Waals surface area (Å²) in [4.78, 5) is 14.5. The van der Waals surface area contributed by atoms with E-state index >= 15 is 0 Å². The second-order valence-electron chi connectivity index (χ2n) is 5.49. The van der Waals surface area contributed by atoms with Gasteiger partial charge in [0.15, 0.2) is 0 Å². The van der Waals surface area contributed by atoms with Crippen LogP contribution in [0.25, 0.3) is 10.9 Å². The monoisotopic (exact) mass is 286 g/mol. The molecule has 1 saturated heterocycles. The van der Waals surface area contributed by atoms with Crippen LogP contribution < -0.4 is 16.2 Å². The fourth-order valence-electron chi connectivity index (χ4n) is 2.84.